The molecule has 0 radical (unpaired) electrons. The molecule has 6 nitrogen and oxygen atoms in total. The van der Waals surface area contributed by atoms with Gasteiger partial charge in [0.2, 0.25) is 11.9 Å². The fraction of sp³-hybridized carbons (Fsp3) is 0.389. The maximum Gasteiger partial charge on any atom is 0.419 e. The standard InChI is InChI=1S/C18H18BrF3N6/c1-27-15-5-4-12(19)7-14(15)26-17(27)28-6-2-3-13(10-28)25-16-23-8-11(9-24-16)18(20,21)22/h4-5,7-9,13H,2-3,6,10H2,1H3,(H,23,24,25). The van der Waals surface area contributed by atoms with Gasteiger partial charge in [-0.25, -0.2) is 15.0 Å². The number of aromatic nitrogens is 4. The van der Waals surface area contributed by atoms with Crippen LogP contribution in [0, 0.1) is 0 Å². The van der Waals surface area contributed by atoms with Crippen LogP contribution in [0.1, 0.15) is 18.4 Å². The normalized spacial score (nSPS) is 17.9. The zero-order valence-corrected chi connectivity index (χ0v) is 16.6. The Morgan fingerprint density at radius 1 is 1.21 bits per heavy atom. The van der Waals surface area contributed by atoms with Crippen molar-refractivity contribution in [3.05, 3.63) is 40.6 Å². The van der Waals surface area contributed by atoms with Crippen LogP contribution in [0.4, 0.5) is 25.1 Å². The van der Waals surface area contributed by atoms with Gasteiger partial charge in [0.15, 0.2) is 0 Å². The van der Waals surface area contributed by atoms with Crippen LogP contribution in [-0.4, -0.2) is 38.7 Å². The summed E-state index contributed by atoms with van der Waals surface area (Å²) in [5, 5.41) is 3.15. The third-order valence-corrected chi connectivity index (χ3v) is 5.33. The molecule has 1 aliphatic heterocycles. The van der Waals surface area contributed by atoms with Crippen molar-refractivity contribution in [2.24, 2.45) is 7.05 Å². The van der Waals surface area contributed by atoms with Gasteiger partial charge in [0, 0.05) is 43.0 Å². The lowest BCUT2D eigenvalue weighted by Crippen LogP contribution is -2.43. The SMILES string of the molecule is Cn1c(N2CCCC(Nc3ncc(C(F)(F)F)cn3)C2)nc2cc(Br)ccc21. The van der Waals surface area contributed by atoms with Crippen molar-refractivity contribution in [1.29, 1.82) is 0 Å². The molecule has 10 heteroatoms. The maximum absolute atomic E-state index is 12.6. The second-order valence-electron chi connectivity index (χ2n) is 6.83. The minimum Gasteiger partial charge on any atom is -0.350 e. The van der Waals surface area contributed by atoms with E-state index >= 15 is 0 Å². The van der Waals surface area contributed by atoms with Crippen LogP contribution < -0.4 is 10.2 Å². The first-order valence-corrected chi connectivity index (χ1v) is 9.63. The zero-order chi connectivity index (χ0) is 19.9. The van der Waals surface area contributed by atoms with E-state index in [0.29, 0.717) is 6.54 Å². The Hall–Kier alpha value is -2.36. The Bertz CT molecular complexity index is 985. The number of piperidine rings is 1. The van der Waals surface area contributed by atoms with Crippen LogP contribution in [0.3, 0.4) is 0 Å². The molecule has 0 saturated carbocycles. The van der Waals surface area contributed by atoms with Crippen LogP contribution in [0.15, 0.2) is 35.1 Å². The Labute approximate surface area is 167 Å². The van der Waals surface area contributed by atoms with Crippen LogP contribution >= 0.6 is 15.9 Å². The molecular formula is C18H18BrF3N6. The third kappa shape index (κ3) is 3.78. The summed E-state index contributed by atoms with van der Waals surface area (Å²) >= 11 is 3.47. The Kier molecular flexibility index (Phi) is 4.90. The predicted molar refractivity (Wildman–Crippen MR) is 104 cm³/mol. The molecule has 3 heterocycles. The van der Waals surface area contributed by atoms with Crippen molar-refractivity contribution < 1.29 is 13.2 Å². The van der Waals surface area contributed by atoms with E-state index in [9.17, 15) is 13.2 Å². The van der Waals surface area contributed by atoms with Gasteiger partial charge in [0.25, 0.3) is 0 Å². The molecule has 1 aliphatic rings. The number of halogens is 4. The van der Waals surface area contributed by atoms with E-state index in [-0.39, 0.29) is 12.0 Å². The topological polar surface area (TPSA) is 58.9 Å². The molecule has 1 saturated heterocycles. The van der Waals surface area contributed by atoms with Crippen LogP contribution in [0.2, 0.25) is 0 Å². The quantitative estimate of drug-likeness (QED) is 0.641. The molecule has 28 heavy (non-hydrogen) atoms. The van der Waals surface area contributed by atoms with Crippen molar-refractivity contribution in [3.63, 3.8) is 0 Å². The number of imidazole rings is 1. The number of benzene rings is 1. The smallest absolute Gasteiger partial charge is 0.350 e. The highest BCUT2D eigenvalue weighted by Gasteiger charge is 2.31. The number of nitrogens with zero attached hydrogens (tertiary/aromatic N) is 5. The lowest BCUT2D eigenvalue weighted by atomic mass is 10.1. The largest absolute Gasteiger partial charge is 0.419 e. The number of nitrogens with one attached hydrogen (secondary N) is 1. The van der Waals surface area contributed by atoms with E-state index in [1.165, 1.54) is 0 Å². The van der Waals surface area contributed by atoms with Gasteiger partial charge in [0.1, 0.15) is 0 Å². The summed E-state index contributed by atoms with van der Waals surface area (Å²) in [4.78, 5) is 14.6. The second-order valence-corrected chi connectivity index (χ2v) is 7.74. The van der Waals surface area contributed by atoms with Crippen molar-refractivity contribution in [2.45, 2.75) is 25.1 Å². The average Bonchev–Trinajstić information content (AvgIpc) is 2.97. The highest BCUT2D eigenvalue weighted by Crippen LogP contribution is 2.29. The summed E-state index contributed by atoms with van der Waals surface area (Å²) < 4.78 is 41.0. The van der Waals surface area contributed by atoms with Crippen molar-refractivity contribution in [1.82, 2.24) is 19.5 Å². The number of hydrogen-bond donors (Lipinski definition) is 1. The van der Waals surface area contributed by atoms with E-state index in [2.05, 4.69) is 40.7 Å². The summed E-state index contributed by atoms with van der Waals surface area (Å²) in [7, 11) is 1.98. The van der Waals surface area contributed by atoms with Gasteiger partial charge < -0.3 is 14.8 Å². The molecule has 3 aromatic rings. The van der Waals surface area contributed by atoms with E-state index in [0.717, 1.165) is 53.2 Å². The van der Waals surface area contributed by atoms with E-state index in [1.807, 2.05) is 25.2 Å². The zero-order valence-electron chi connectivity index (χ0n) is 15.0. The number of rotatable bonds is 3. The molecule has 0 spiro atoms. The summed E-state index contributed by atoms with van der Waals surface area (Å²) in [6.45, 7) is 1.53. The number of alkyl halides is 3. The number of aryl methyl sites for hydroxylation is 1. The van der Waals surface area contributed by atoms with Gasteiger partial charge in [-0.2, -0.15) is 13.2 Å². The van der Waals surface area contributed by atoms with Crippen molar-refractivity contribution >= 4 is 38.9 Å². The van der Waals surface area contributed by atoms with Gasteiger partial charge in [-0.05, 0) is 31.0 Å². The maximum atomic E-state index is 12.6. The highest BCUT2D eigenvalue weighted by atomic mass is 79.9. The Morgan fingerprint density at radius 3 is 2.68 bits per heavy atom. The molecule has 1 aromatic carbocycles. The molecule has 1 atom stereocenters. The molecule has 148 valence electrons. The van der Waals surface area contributed by atoms with Gasteiger partial charge in [-0.15, -0.1) is 0 Å². The molecule has 2 aromatic heterocycles. The lowest BCUT2D eigenvalue weighted by Gasteiger charge is -2.33. The first kappa shape index (κ1) is 19.0. The molecule has 0 bridgehead atoms. The first-order chi connectivity index (χ1) is 13.3. The molecule has 0 aliphatic carbocycles. The number of hydrogen-bond acceptors (Lipinski definition) is 5. The molecule has 1 fully saturated rings. The van der Waals surface area contributed by atoms with Gasteiger partial charge in [0.05, 0.1) is 16.6 Å². The number of fused-ring (bicyclic) bond motifs is 1. The fourth-order valence-electron chi connectivity index (χ4n) is 3.45. The average molecular weight is 455 g/mol. The predicted octanol–water partition coefficient (Wildman–Crippen LogP) is 4.23. The number of anilines is 2. The molecular weight excluding hydrogens is 437 g/mol. The molecule has 0 amide bonds. The Balaban J connectivity index is 1.50. The van der Waals surface area contributed by atoms with Gasteiger partial charge in [-0.1, -0.05) is 15.9 Å². The van der Waals surface area contributed by atoms with Gasteiger partial charge in [-0.3, -0.25) is 0 Å². The monoisotopic (exact) mass is 454 g/mol. The van der Waals surface area contributed by atoms with Crippen molar-refractivity contribution in [3.8, 4) is 0 Å². The minimum atomic E-state index is -4.44. The Morgan fingerprint density at radius 2 is 1.96 bits per heavy atom. The van der Waals surface area contributed by atoms with E-state index in [4.69, 9.17) is 4.98 Å². The molecule has 4 rings (SSSR count). The van der Waals surface area contributed by atoms with E-state index < -0.39 is 11.7 Å². The summed E-state index contributed by atoms with van der Waals surface area (Å²) in [5.41, 5.74) is 1.10. The van der Waals surface area contributed by atoms with Crippen LogP contribution in [0.5, 0.6) is 0 Å². The third-order valence-electron chi connectivity index (χ3n) is 4.84. The molecule has 1 unspecified atom stereocenters. The van der Waals surface area contributed by atoms with Crippen LogP contribution in [0.25, 0.3) is 11.0 Å². The van der Waals surface area contributed by atoms with E-state index in [1.54, 1.807) is 0 Å². The highest BCUT2D eigenvalue weighted by molar-refractivity contribution is 9.10. The summed E-state index contributed by atoms with van der Waals surface area (Å²) in [5.74, 6) is 1.07. The molecule has 1 N–H and O–H groups in total. The van der Waals surface area contributed by atoms with Crippen LogP contribution in [-0.2, 0) is 13.2 Å². The minimum absolute atomic E-state index is 0.0250. The van der Waals surface area contributed by atoms with Crippen molar-refractivity contribution in [2.75, 3.05) is 23.3 Å². The summed E-state index contributed by atoms with van der Waals surface area (Å²) in [6.07, 6.45) is -1.00. The lowest BCUT2D eigenvalue weighted by molar-refractivity contribution is -0.138. The van der Waals surface area contributed by atoms with Gasteiger partial charge >= 0.3 is 6.18 Å². The summed E-state index contributed by atoms with van der Waals surface area (Å²) in [6, 6.07) is 6.01. The second kappa shape index (κ2) is 7.23. The fourth-order valence-corrected chi connectivity index (χ4v) is 3.80. The first-order valence-electron chi connectivity index (χ1n) is 8.84.